The molecule has 5 rings (SSSR count). The SMILES string of the molecule is Cc1cc(C(=O)NC[C@H]2[C@H]3CN(Cc4ccc(F)c(C)c4)C[C@]34CC[C@H]2O4)no1.O=CO. The quantitative estimate of drug-likeness (QED) is 0.682. The van der Waals surface area contributed by atoms with Gasteiger partial charge < -0.3 is 19.7 Å². The molecule has 3 aliphatic heterocycles. The molecule has 1 amide bonds. The molecule has 32 heavy (non-hydrogen) atoms. The fourth-order valence-electron chi connectivity index (χ4n) is 5.52. The van der Waals surface area contributed by atoms with E-state index in [0.717, 1.165) is 38.0 Å². The Morgan fingerprint density at radius 3 is 2.88 bits per heavy atom. The number of halogens is 1. The van der Waals surface area contributed by atoms with Gasteiger partial charge in [0.2, 0.25) is 0 Å². The van der Waals surface area contributed by atoms with Crippen LogP contribution in [0.25, 0.3) is 0 Å². The van der Waals surface area contributed by atoms with E-state index in [-0.39, 0.29) is 29.9 Å². The van der Waals surface area contributed by atoms with Crippen molar-refractivity contribution < 1.29 is 28.3 Å². The number of carbonyl (C=O) groups excluding carboxylic acids is 1. The lowest BCUT2D eigenvalue weighted by atomic mass is 9.73. The average molecular weight is 445 g/mol. The second-order valence-corrected chi connectivity index (χ2v) is 8.92. The summed E-state index contributed by atoms with van der Waals surface area (Å²) in [6.07, 6.45) is 2.34. The lowest BCUT2D eigenvalue weighted by Crippen LogP contribution is -2.42. The number of nitrogens with zero attached hydrogens (tertiary/aromatic N) is 2. The van der Waals surface area contributed by atoms with Crippen LogP contribution in [-0.4, -0.2) is 58.9 Å². The molecule has 4 atom stereocenters. The number of fused-ring (bicyclic) bond motifs is 1. The molecule has 1 aromatic heterocycles. The van der Waals surface area contributed by atoms with Crippen molar-refractivity contribution in [2.45, 2.75) is 44.9 Å². The minimum atomic E-state index is -0.250. The van der Waals surface area contributed by atoms with Crippen LogP contribution in [0.5, 0.6) is 0 Å². The van der Waals surface area contributed by atoms with Crippen molar-refractivity contribution in [3.8, 4) is 0 Å². The van der Waals surface area contributed by atoms with E-state index in [1.54, 1.807) is 26.0 Å². The van der Waals surface area contributed by atoms with Gasteiger partial charge in [-0.1, -0.05) is 17.3 Å². The van der Waals surface area contributed by atoms with Gasteiger partial charge in [0.05, 0.1) is 11.7 Å². The first-order chi connectivity index (χ1) is 15.3. The van der Waals surface area contributed by atoms with Crippen LogP contribution in [0.4, 0.5) is 4.39 Å². The number of nitrogens with one attached hydrogen (secondary N) is 1. The zero-order chi connectivity index (χ0) is 22.9. The fourth-order valence-corrected chi connectivity index (χ4v) is 5.52. The second kappa shape index (κ2) is 8.99. The summed E-state index contributed by atoms with van der Waals surface area (Å²) in [6.45, 7) is 6.55. The van der Waals surface area contributed by atoms with Crippen LogP contribution >= 0.6 is 0 Å². The summed E-state index contributed by atoms with van der Waals surface area (Å²) in [5.74, 6) is 0.976. The van der Waals surface area contributed by atoms with Crippen LogP contribution in [0.15, 0.2) is 28.8 Å². The number of likely N-dealkylation sites (tertiary alicyclic amines) is 1. The van der Waals surface area contributed by atoms with Gasteiger partial charge in [0.1, 0.15) is 11.6 Å². The van der Waals surface area contributed by atoms with Crippen LogP contribution < -0.4 is 5.32 Å². The minimum absolute atomic E-state index is 0.0976. The lowest BCUT2D eigenvalue weighted by Gasteiger charge is -2.29. The molecular weight excluding hydrogens is 417 g/mol. The van der Waals surface area contributed by atoms with Crippen LogP contribution in [0.1, 0.15) is 40.2 Å². The number of aryl methyl sites for hydroxylation is 2. The summed E-state index contributed by atoms with van der Waals surface area (Å²) >= 11 is 0. The summed E-state index contributed by atoms with van der Waals surface area (Å²) in [4.78, 5) is 23.1. The van der Waals surface area contributed by atoms with Crippen molar-refractivity contribution in [3.05, 3.63) is 52.7 Å². The molecule has 3 aliphatic rings. The molecule has 8 nitrogen and oxygen atoms in total. The highest BCUT2D eigenvalue weighted by molar-refractivity contribution is 5.92. The molecule has 0 aliphatic carbocycles. The maximum atomic E-state index is 13.6. The van der Waals surface area contributed by atoms with E-state index in [0.29, 0.717) is 35.4 Å². The summed E-state index contributed by atoms with van der Waals surface area (Å²) in [5.41, 5.74) is 2.03. The van der Waals surface area contributed by atoms with Crippen molar-refractivity contribution in [1.82, 2.24) is 15.4 Å². The molecule has 172 valence electrons. The molecule has 4 heterocycles. The Morgan fingerprint density at radius 2 is 2.19 bits per heavy atom. The van der Waals surface area contributed by atoms with Gasteiger partial charge >= 0.3 is 0 Å². The number of carbonyl (C=O) groups is 2. The predicted molar refractivity (Wildman–Crippen MR) is 112 cm³/mol. The Hall–Kier alpha value is -2.78. The van der Waals surface area contributed by atoms with Gasteiger partial charge in [-0.15, -0.1) is 0 Å². The van der Waals surface area contributed by atoms with Gasteiger partial charge in [-0.3, -0.25) is 14.5 Å². The van der Waals surface area contributed by atoms with E-state index >= 15 is 0 Å². The highest BCUT2D eigenvalue weighted by Crippen LogP contribution is 2.54. The second-order valence-electron chi connectivity index (χ2n) is 8.92. The third kappa shape index (κ3) is 4.27. The molecule has 1 spiro atoms. The standard InChI is InChI=1S/C22H26FN3O3.CH2O2/c1-13-7-15(3-4-18(13)23)10-26-11-17-16(20-5-6-22(17,12-26)28-20)9-24-21(27)19-8-14(2)29-25-19;2-1-3/h3-4,7-8,16-17,20H,5-6,9-12H2,1-2H3,(H,24,27);1H,(H,2,3)/t16-,17+,20+,22+;/m0./s1. The summed E-state index contributed by atoms with van der Waals surface area (Å²) in [6, 6.07) is 6.99. The van der Waals surface area contributed by atoms with Gasteiger partial charge in [-0.25, -0.2) is 4.39 Å². The first kappa shape index (κ1) is 22.4. The minimum Gasteiger partial charge on any atom is -0.483 e. The molecule has 0 saturated carbocycles. The monoisotopic (exact) mass is 445 g/mol. The molecule has 9 heteroatoms. The molecule has 2 N–H and O–H groups in total. The predicted octanol–water partition coefficient (Wildman–Crippen LogP) is 2.54. The van der Waals surface area contributed by atoms with Gasteiger partial charge in [-0.05, 0) is 43.9 Å². The van der Waals surface area contributed by atoms with Crippen LogP contribution in [-0.2, 0) is 16.1 Å². The Bertz CT molecular complexity index is 996. The van der Waals surface area contributed by atoms with E-state index in [1.807, 2.05) is 12.1 Å². The Balaban J connectivity index is 0.000000775. The van der Waals surface area contributed by atoms with Crippen LogP contribution in [0.2, 0.25) is 0 Å². The van der Waals surface area contributed by atoms with Crippen LogP contribution in [0.3, 0.4) is 0 Å². The van der Waals surface area contributed by atoms with E-state index in [1.165, 1.54) is 0 Å². The first-order valence-corrected chi connectivity index (χ1v) is 10.8. The number of rotatable bonds is 5. The topological polar surface area (TPSA) is 105 Å². The van der Waals surface area contributed by atoms with Gasteiger partial charge in [-0.2, -0.15) is 0 Å². The molecular formula is C23H28FN3O5. The molecule has 3 fully saturated rings. The Labute approximate surface area is 185 Å². The summed E-state index contributed by atoms with van der Waals surface area (Å²) < 4.78 is 25.0. The summed E-state index contributed by atoms with van der Waals surface area (Å²) in [5, 5.41) is 13.7. The fraction of sp³-hybridized carbons (Fsp3) is 0.522. The van der Waals surface area contributed by atoms with Crippen molar-refractivity contribution >= 4 is 12.4 Å². The Kier molecular flexibility index (Phi) is 6.30. The number of hydrogen-bond acceptors (Lipinski definition) is 6. The van der Waals surface area contributed by atoms with Crippen LogP contribution in [0, 0.1) is 31.5 Å². The number of carboxylic acid groups (broad SMARTS) is 1. The third-order valence-corrected chi connectivity index (χ3v) is 6.84. The smallest absolute Gasteiger partial charge is 0.290 e. The van der Waals surface area contributed by atoms with Gasteiger partial charge in [0.25, 0.3) is 12.4 Å². The highest BCUT2D eigenvalue weighted by Gasteiger charge is 2.62. The largest absolute Gasteiger partial charge is 0.483 e. The Morgan fingerprint density at radius 1 is 1.41 bits per heavy atom. The van der Waals surface area contributed by atoms with E-state index < -0.39 is 0 Å². The lowest BCUT2D eigenvalue weighted by molar-refractivity contribution is -0.122. The molecule has 1 aromatic carbocycles. The van der Waals surface area contributed by atoms with E-state index in [2.05, 4.69) is 15.4 Å². The molecule has 3 saturated heterocycles. The van der Waals surface area contributed by atoms with Crippen molar-refractivity contribution in [1.29, 1.82) is 0 Å². The third-order valence-electron chi connectivity index (χ3n) is 6.84. The molecule has 0 radical (unpaired) electrons. The van der Waals surface area contributed by atoms with Gasteiger partial charge in [0.15, 0.2) is 5.69 Å². The van der Waals surface area contributed by atoms with Crippen molar-refractivity contribution in [2.75, 3.05) is 19.6 Å². The average Bonchev–Trinajstić information content (AvgIpc) is 3.50. The maximum absolute atomic E-state index is 13.6. The number of amides is 1. The molecule has 2 aromatic rings. The molecule has 2 bridgehead atoms. The highest BCUT2D eigenvalue weighted by atomic mass is 19.1. The van der Waals surface area contributed by atoms with E-state index in [4.69, 9.17) is 19.2 Å². The number of hydrogen-bond donors (Lipinski definition) is 2. The van der Waals surface area contributed by atoms with Gasteiger partial charge in [0, 0.05) is 44.1 Å². The van der Waals surface area contributed by atoms with Crippen molar-refractivity contribution in [2.24, 2.45) is 11.8 Å². The molecule has 0 unspecified atom stereocenters. The summed E-state index contributed by atoms with van der Waals surface area (Å²) in [7, 11) is 0. The maximum Gasteiger partial charge on any atom is 0.290 e. The van der Waals surface area contributed by atoms with Crippen molar-refractivity contribution in [3.63, 3.8) is 0 Å². The zero-order valence-electron chi connectivity index (χ0n) is 18.2. The number of ether oxygens (including phenoxy) is 1. The number of benzene rings is 1. The van der Waals surface area contributed by atoms with E-state index in [9.17, 15) is 9.18 Å². The number of aromatic nitrogens is 1. The first-order valence-electron chi connectivity index (χ1n) is 10.8. The zero-order valence-corrected chi connectivity index (χ0v) is 18.2. The normalized spacial score (nSPS) is 28.2.